The molecular weight excluding hydrogens is 436 g/mol. The van der Waals surface area contributed by atoms with Crippen LogP contribution in [0.5, 0.6) is 0 Å². The standard InChI is InChI=1S/C24H24N6O2S/c1-13(2)30-21-18(12-25-30)17(11-19(27-21)15-9-10-15)22(31)28-29-23(32)20-14(3)26-24(33-20)16-7-5-4-6-8-16/h4-8,11-13,15H,9-10H2,1-3H3,(H,28,31)(H,29,32). The first-order valence-electron chi connectivity index (χ1n) is 10.9. The molecule has 3 heterocycles. The predicted octanol–water partition coefficient (Wildman–Crippen LogP) is 4.40. The Morgan fingerprint density at radius 3 is 2.52 bits per heavy atom. The normalized spacial score (nSPS) is 13.5. The van der Waals surface area contributed by atoms with Crippen LogP contribution in [0.25, 0.3) is 21.6 Å². The lowest BCUT2D eigenvalue weighted by atomic mass is 10.1. The van der Waals surface area contributed by atoms with Crippen LogP contribution >= 0.6 is 11.3 Å². The van der Waals surface area contributed by atoms with Crippen molar-refractivity contribution in [2.45, 2.75) is 45.6 Å². The molecule has 8 nitrogen and oxygen atoms in total. The Morgan fingerprint density at radius 1 is 1.09 bits per heavy atom. The van der Waals surface area contributed by atoms with Gasteiger partial charge in [0.2, 0.25) is 0 Å². The van der Waals surface area contributed by atoms with Gasteiger partial charge in [-0.2, -0.15) is 5.10 Å². The number of hydrogen-bond donors (Lipinski definition) is 2. The summed E-state index contributed by atoms with van der Waals surface area (Å²) in [5.41, 5.74) is 8.72. The Labute approximate surface area is 195 Å². The number of carbonyl (C=O) groups excluding carboxylic acids is 2. The van der Waals surface area contributed by atoms with Crippen LogP contribution < -0.4 is 10.9 Å². The average Bonchev–Trinajstić information content (AvgIpc) is 3.46. The zero-order valence-corrected chi connectivity index (χ0v) is 19.4. The van der Waals surface area contributed by atoms with E-state index < -0.39 is 11.8 Å². The quantitative estimate of drug-likeness (QED) is 0.430. The molecule has 1 fully saturated rings. The van der Waals surface area contributed by atoms with Gasteiger partial charge in [-0.25, -0.2) is 14.6 Å². The monoisotopic (exact) mass is 460 g/mol. The van der Waals surface area contributed by atoms with Crippen LogP contribution in [0.15, 0.2) is 42.6 Å². The molecule has 1 saturated carbocycles. The second kappa shape index (κ2) is 8.40. The molecule has 2 N–H and O–H groups in total. The second-order valence-electron chi connectivity index (χ2n) is 8.50. The van der Waals surface area contributed by atoms with E-state index in [0.29, 0.717) is 33.1 Å². The summed E-state index contributed by atoms with van der Waals surface area (Å²) in [5, 5.41) is 5.85. The van der Waals surface area contributed by atoms with Crippen LogP contribution in [0.1, 0.15) is 70.1 Å². The molecule has 0 atom stereocenters. The predicted molar refractivity (Wildman–Crippen MR) is 127 cm³/mol. The number of carbonyl (C=O) groups is 2. The summed E-state index contributed by atoms with van der Waals surface area (Å²) in [7, 11) is 0. The van der Waals surface area contributed by atoms with Crippen molar-refractivity contribution in [3.8, 4) is 10.6 Å². The minimum atomic E-state index is -0.397. The number of aromatic nitrogens is 4. The van der Waals surface area contributed by atoms with Crippen molar-refractivity contribution in [2.75, 3.05) is 0 Å². The highest BCUT2D eigenvalue weighted by molar-refractivity contribution is 7.17. The van der Waals surface area contributed by atoms with Gasteiger partial charge in [-0.15, -0.1) is 11.3 Å². The molecule has 0 radical (unpaired) electrons. The highest BCUT2D eigenvalue weighted by Crippen LogP contribution is 2.40. The number of aryl methyl sites for hydroxylation is 1. The van der Waals surface area contributed by atoms with Gasteiger partial charge in [-0.05, 0) is 39.7 Å². The van der Waals surface area contributed by atoms with E-state index in [1.807, 2.05) is 54.9 Å². The third kappa shape index (κ3) is 4.11. The lowest BCUT2D eigenvalue weighted by molar-refractivity contribution is 0.0849. The lowest BCUT2D eigenvalue weighted by Crippen LogP contribution is -2.41. The molecule has 1 aromatic carbocycles. The van der Waals surface area contributed by atoms with Crippen molar-refractivity contribution >= 4 is 34.2 Å². The fraction of sp³-hybridized carbons (Fsp3) is 0.292. The third-order valence-corrected chi connectivity index (χ3v) is 6.83. The Morgan fingerprint density at radius 2 is 1.82 bits per heavy atom. The SMILES string of the molecule is Cc1nc(-c2ccccc2)sc1C(=O)NNC(=O)c1cc(C2CC2)nc2c1cnn2C(C)C. The fourth-order valence-corrected chi connectivity index (χ4v) is 4.71. The number of nitrogens with one attached hydrogen (secondary N) is 2. The summed E-state index contributed by atoms with van der Waals surface area (Å²) in [6.07, 6.45) is 3.80. The Kier molecular flexibility index (Phi) is 5.41. The molecule has 0 aliphatic heterocycles. The molecule has 168 valence electrons. The Bertz CT molecular complexity index is 1350. The molecule has 33 heavy (non-hydrogen) atoms. The van der Waals surface area contributed by atoms with Crippen molar-refractivity contribution < 1.29 is 9.59 Å². The first-order chi connectivity index (χ1) is 15.9. The summed E-state index contributed by atoms with van der Waals surface area (Å²) < 4.78 is 1.82. The van der Waals surface area contributed by atoms with E-state index in [4.69, 9.17) is 4.98 Å². The van der Waals surface area contributed by atoms with Gasteiger partial charge in [-0.3, -0.25) is 20.4 Å². The Balaban J connectivity index is 1.37. The summed E-state index contributed by atoms with van der Waals surface area (Å²) in [4.78, 5) is 35.6. The van der Waals surface area contributed by atoms with Gasteiger partial charge in [0, 0.05) is 23.2 Å². The number of benzene rings is 1. The van der Waals surface area contributed by atoms with Gasteiger partial charge in [0.05, 0.1) is 22.8 Å². The minimum Gasteiger partial charge on any atom is -0.267 e. The van der Waals surface area contributed by atoms with Gasteiger partial charge in [-0.1, -0.05) is 30.3 Å². The molecule has 3 aromatic heterocycles. The first-order valence-corrected chi connectivity index (χ1v) is 11.8. The smallest absolute Gasteiger partial charge is 0.267 e. The molecule has 1 aliphatic carbocycles. The highest BCUT2D eigenvalue weighted by Gasteiger charge is 2.28. The number of hydrogen-bond acceptors (Lipinski definition) is 6. The van der Waals surface area contributed by atoms with Gasteiger partial charge in [0.25, 0.3) is 11.8 Å². The number of rotatable bonds is 5. The molecule has 2 amide bonds. The van der Waals surface area contributed by atoms with Crippen molar-refractivity contribution in [3.63, 3.8) is 0 Å². The van der Waals surface area contributed by atoms with Crippen LogP contribution in [-0.2, 0) is 0 Å². The van der Waals surface area contributed by atoms with E-state index in [-0.39, 0.29) is 6.04 Å². The van der Waals surface area contributed by atoms with Crippen molar-refractivity contribution in [1.82, 2.24) is 30.6 Å². The average molecular weight is 461 g/mol. The fourth-order valence-electron chi connectivity index (χ4n) is 3.74. The van der Waals surface area contributed by atoms with E-state index in [1.165, 1.54) is 11.3 Å². The van der Waals surface area contributed by atoms with Crippen LogP contribution in [0.4, 0.5) is 0 Å². The summed E-state index contributed by atoms with van der Waals surface area (Å²) in [6.45, 7) is 5.84. The molecule has 9 heteroatoms. The number of fused-ring (bicyclic) bond motifs is 1. The molecule has 5 rings (SSSR count). The van der Waals surface area contributed by atoms with Gasteiger partial charge < -0.3 is 0 Å². The van der Waals surface area contributed by atoms with Crippen LogP contribution in [0, 0.1) is 6.92 Å². The van der Waals surface area contributed by atoms with Gasteiger partial charge >= 0.3 is 0 Å². The van der Waals surface area contributed by atoms with Crippen LogP contribution in [-0.4, -0.2) is 31.6 Å². The largest absolute Gasteiger partial charge is 0.281 e. The minimum absolute atomic E-state index is 0.119. The number of hydrazine groups is 1. The number of thiazole rings is 1. The van der Waals surface area contributed by atoms with E-state index in [2.05, 4.69) is 20.9 Å². The highest BCUT2D eigenvalue weighted by atomic mass is 32.1. The van der Waals surface area contributed by atoms with Crippen molar-refractivity contribution in [3.05, 3.63) is 64.4 Å². The van der Waals surface area contributed by atoms with Gasteiger partial charge in [0.15, 0.2) is 5.65 Å². The van der Waals surface area contributed by atoms with E-state index >= 15 is 0 Å². The van der Waals surface area contributed by atoms with Crippen LogP contribution in [0.3, 0.4) is 0 Å². The summed E-state index contributed by atoms with van der Waals surface area (Å²) in [6, 6.07) is 11.6. The van der Waals surface area contributed by atoms with Crippen molar-refractivity contribution in [1.29, 1.82) is 0 Å². The molecule has 0 saturated heterocycles. The zero-order chi connectivity index (χ0) is 23.1. The van der Waals surface area contributed by atoms with E-state index in [0.717, 1.165) is 29.1 Å². The number of nitrogens with zero attached hydrogens (tertiary/aromatic N) is 4. The maximum atomic E-state index is 13.1. The molecule has 0 bridgehead atoms. The third-order valence-electron chi connectivity index (χ3n) is 5.63. The maximum Gasteiger partial charge on any atom is 0.281 e. The maximum absolute atomic E-state index is 13.1. The Hall–Kier alpha value is -3.59. The molecule has 1 aliphatic rings. The lowest BCUT2D eigenvalue weighted by Gasteiger charge is -2.11. The topological polar surface area (TPSA) is 102 Å². The van der Waals surface area contributed by atoms with Gasteiger partial charge in [0.1, 0.15) is 9.88 Å². The zero-order valence-electron chi connectivity index (χ0n) is 18.6. The van der Waals surface area contributed by atoms with E-state index in [9.17, 15) is 9.59 Å². The molecule has 0 spiro atoms. The second-order valence-corrected chi connectivity index (χ2v) is 9.50. The molecule has 4 aromatic rings. The summed E-state index contributed by atoms with van der Waals surface area (Å²) >= 11 is 1.29. The number of pyridine rings is 1. The molecular formula is C24H24N6O2S. The van der Waals surface area contributed by atoms with Crippen LogP contribution in [0.2, 0.25) is 0 Å². The van der Waals surface area contributed by atoms with E-state index in [1.54, 1.807) is 13.1 Å². The first kappa shape index (κ1) is 21.3. The van der Waals surface area contributed by atoms with Crippen molar-refractivity contribution in [2.24, 2.45) is 0 Å². The molecule has 0 unspecified atom stereocenters. The summed E-state index contributed by atoms with van der Waals surface area (Å²) in [5.74, 6) is -0.417. The number of amides is 2.